The summed E-state index contributed by atoms with van der Waals surface area (Å²) in [5.74, 6) is 3.10. The summed E-state index contributed by atoms with van der Waals surface area (Å²) in [5.41, 5.74) is 0. The van der Waals surface area contributed by atoms with Crippen molar-refractivity contribution in [3.63, 3.8) is 0 Å². The summed E-state index contributed by atoms with van der Waals surface area (Å²) in [6.45, 7) is 6.62. The summed E-state index contributed by atoms with van der Waals surface area (Å²) >= 11 is 0. The summed E-state index contributed by atoms with van der Waals surface area (Å²) in [6, 6.07) is 0. The highest BCUT2D eigenvalue weighted by molar-refractivity contribution is 5.01. The fraction of sp³-hybridized carbons (Fsp3) is 1.00. The van der Waals surface area contributed by atoms with Gasteiger partial charge in [0.2, 0.25) is 0 Å². The van der Waals surface area contributed by atoms with Crippen LogP contribution in [0, 0.1) is 23.7 Å². The van der Waals surface area contributed by atoms with Gasteiger partial charge < -0.3 is 9.47 Å². The van der Waals surface area contributed by atoms with Crippen molar-refractivity contribution >= 4 is 0 Å². The number of hydrogen-bond acceptors (Lipinski definition) is 2. The number of unbranched alkanes of at least 4 members (excludes halogenated alkanes) is 10. The molecule has 0 radical (unpaired) electrons. The number of ether oxygens (including phenoxy) is 2. The Morgan fingerprint density at radius 3 is 1.09 bits per heavy atom. The van der Waals surface area contributed by atoms with Gasteiger partial charge in [0.25, 0.3) is 0 Å². The summed E-state index contributed by atoms with van der Waals surface area (Å²) < 4.78 is 13.6. The summed E-state index contributed by atoms with van der Waals surface area (Å²) in [4.78, 5) is 0. The van der Waals surface area contributed by atoms with Gasteiger partial charge in [0.15, 0.2) is 0 Å². The maximum absolute atomic E-state index is 6.80. The van der Waals surface area contributed by atoms with Crippen molar-refractivity contribution < 1.29 is 9.47 Å². The highest BCUT2D eigenvalue weighted by Crippen LogP contribution is 2.52. The van der Waals surface area contributed by atoms with Crippen LogP contribution in [0.15, 0.2) is 0 Å². The first-order chi connectivity index (χ1) is 15.9. The Hall–Kier alpha value is -0.0800. The largest absolute Gasteiger partial charge is 0.378 e. The van der Waals surface area contributed by atoms with Gasteiger partial charge in [-0.2, -0.15) is 0 Å². The van der Waals surface area contributed by atoms with Crippen molar-refractivity contribution in [3.05, 3.63) is 0 Å². The highest BCUT2D eigenvalue weighted by Gasteiger charge is 2.52. The lowest BCUT2D eigenvalue weighted by Crippen LogP contribution is -2.56. The quantitative estimate of drug-likeness (QED) is 0.219. The summed E-state index contributed by atoms with van der Waals surface area (Å²) in [7, 11) is 0. The van der Waals surface area contributed by atoms with Crippen LogP contribution in [0.5, 0.6) is 0 Å². The molecule has 2 nitrogen and oxygen atoms in total. The lowest BCUT2D eigenvalue weighted by Gasteiger charge is -2.54. The SMILES string of the molecule is CCCCCCCCOC1C2CCCCC2C(OCCCCCCCC)C2CCCCC21. The smallest absolute Gasteiger partial charge is 0.0638 e. The Bertz CT molecular complexity index is 398. The van der Waals surface area contributed by atoms with Crippen LogP contribution < -0.4 is 0 Å². The van der Waals surface area contributed by atoms with Gasteiger partial charge in [0.1, 0.15) is 0 Å². The Kier molecular flexibility index (Phi) is 13.1. The number of hydrogen-bond donors (Lipinski definition) is 0. The molecular formula is C30H56O2. The Morgan fingerprint density at radius 2 is 0.750 bits per heavy atom. The second-order valence-electron chi connectivity index (χ2n) is 11.4. The molecule has 0 aromatic heterocycles. The Balaban J connectivity index is 1.50. The van der Waals surface area contributed by atoms with E-state index < -0.39 is 0 Å². The summed E-state index contributed by atoms with van der Waals surface area (Å²) in [5, 5.41) is 0. The Morgan fingerprint density at radius 1 is 0.438 bits per heavy atom. The molecule has 0 spiro atoms. The van der Waals surface area contributed by atoms with Gasteiger partial charge in [-0.15, -0.1) is 0 Å². The second kappa shape index (κ2) is 15.8. The van der Waals surface area contributed by atoms with E-state index in [4.69, 9.17) is 9.47 Å². The predicted octanol–water partition coefficient (Wildman–Crippen LogP) is 9.10. The maximum atomic E-state index is 6.80. The first-order valence-electron chi connectivity index (χ1n) is 15.1. The van der Waals surface area contributed by atoms with Gasteiger partial charge in [-0.25, -0.2) is 0 Å². The molecule has 0 aromatic carbocycles. The molecular weight excluding hydrogens is 392 g/mol. The van der Waals surface area contributed by atoms with E-state index in [-0.39, 0.29) is 0 Å². The average molecular weight is 449 g/mol. The van der Waals surface area contributed by atoms with Crippen LogP contribution in [0.4, 0.5) is 0 Å². The van der Waals surface area contributed by atoms with Gasteiger partial charge in [-0.3, -0.25) is 0 Å². The standard InChI is InChI=1S/C30H56O2/c1-3-5-7-9-11-17-23-31-29-25-19-13-15-21-27(25)30(28-22-16-14-20-26(28)29)32-24-18-12-10-8-6-4-2/h25-30H,3-24H2,1-2H3. The molecule has 3 aliphatic rings. The molecule has 0 saturated heterocycles. The molecule has 4 unspecified atom stereocenters. The molecule has 32 heavy (non-hydrogen) atoms. The van der Waals surface area contributed by atoms with E-state index >= 15 is 0 Å². The molecule has 3 aliphatic carbocycles. The van der Waals surface area contributed by atoms with Crippen LogP contribution in [0.3, 0.4) is 0 Å². The minimum atomic E-state index is 0.537. The van der Waals surface area contributed by atoms with Crippen LogP contribution in [0.25, 0.3) is 0 Å². The van der Waals surface area contributed by atoms with Crippen molar-refractivity contribution in [2.75, 3.05) is 13.2 Å². The van der Waals surface area contributed by atoms with Crippen LogP contribution in [-0.4, -0.2) is 25.4 Å². The molecule has 3 fully saturated rings. The highest BCUT2D eigenvalue weighted by atomic mass is 16.5. The van der Waals surface area contributed by atoms with Crippen molar-refractivity contribution in [2.45, 2.75) is 154 Å². The molecule has 0 heterocycles. The molecule has 0 bridgehead atoms. The molecule has 0 aromatic rings. The van der Waals surface area contributed by atoms with Gasteiger partial charge in [0, 0.05) is 13.2 Å². The number of rotatable bonds is 16. The van der Waals surface area contributed by atoms with E-state index in [2.05, 4.69) is 13.8 Å². The topological polar surface area (TPSA) is 18.5 Å². The fourth-order valence-corrected chi connectivity index (χ4v) is 7.34. The maximum Gasteiger partial charge on any atom is 0.0638 e. The predicted molar refractivity (Wildman–Crippen MR) is 137 cm³/mol. The van der Waals surface area contributed by atoms with Crippen LogP contribution in [0.2, 0.25) is 0 Å². The monoisotopic (exact) mass is 448 g/mol. The van der Waals surface area contributed by atoms with Gasteiger partial charge >= 0.3 is 0 Å². The Labute approximate surface area is 201 Å². The molecule has 2 heteroatoms. The third-order valence-corrected chi connectivity index (χ3v) is 9.05. The van der Waals surface area contributed by atoms with Crippen molar-refractivity contribution in [1.29, 1.82) is 0 Å². The van der Waals surface area contributed by atoms with E-state index in [1.54, 1.807) is 0 Å². The minimum absolute atomic E-state index is 0.537. The van der Waals surface area contributed by atoms with Gasteiger partial charge in [-0.05, 0) is 62.2 Å². The van der Waals surface area contributed by atoms with Crippen molar-refractivity contribution in [1.82, 2.24) is 0 Å². The molecule has 0 N–H and O–H groups in total. The van der Waals surface area contributed by atoms with Crippen LogP contribution in [-0.2, 0) is 9.47 Å². The van der Waals surface area contributed by atoms with Crippen molar-refractivity contribution in [3.8, 4) is 0 Å². The van der Waals surface area contributed by atoms with Crippen LogP contribution >= 0.6 is 0 Å². The zero-order chi connectivity index (χ0) is 22.4. The first-order valence-corrected chi connectivity index (χ1v) is 15.1. The van der Waals surface area contributed by atoms with E-state index in [9.17, 15) is 0 Å². The van der Waals surface area contributed by atoms with Crippen LogP contribution in [0.1, 0.15) is 142 Å². The van der Waals surface area contributed by atoms with E-state index in [1.807, 2.05) is 0 Å². The zero-order valence-electron chi connectivity index (χ0n) is 21.8. The summed E-state index contributed by atoms with van der Waals surface area (Å²) in [6.07, 6.45) is 28.7. The van der Waals surface area contributed by atoms with Crippen molar-refractivity contribution in [2.24, 2.45) is 23.7 Å². The third kappa shape index (κ3) is 8.00. The van der Waals surface area contributed by atoms with E-state index in [0.717, 1.165) is 36.9 Å². The zero-order valence-corrected chi connectivity index (χ0v) is 21.8. The fourth-order valence-electron chi connectivity index (χ4n) is 7.34. The molecule has 4 atom stereocenters. The lowest BCUT2D eigenvalue weighted by atomic mass is 9.57. The van der Waals surface area contributed by atoms with Gasteiger partial charge in [0.05, 0.1) is 12.2 Å². The van der Waals surface area contributed by atoms with E-state index in [0.29, 0.717) is 12.2 Å². The van der Waals surface area contributed by atoms with E-state index in [1.165, 1.54) is 128 Å². The first kappa shape index (κ1) is 26.5. The average Bonchev–Trinajstić information content (AvgIpc) is 2.83. The molecule has 188 valence electrons. The normalized spacial score (nSPS) is 32.4. The third-order valence-electron chi connectivity index (χ3n) is 9.05. The minimum Gasteiger partial charge on any atom is -0.378 e. The second-order valence-corrected chi connectivity index (χ2v) is 11.4. The van der Waals surface area contributed by atoms with Gasteiger partial charge in [-0.1, -0.05) is 104 Å². The molecule has 3 rings (SSSR count). The molecule has 0 aliphatic heterocycles. The molecule has 3 saturated carbocycles. The molecule has 0 amide bonds. The number of fused-ring (bicyclic) bond motifs is 2. The lowest BCUT2D eigenvalue weighted by molar-refractivity contribution is -0.181.